The molecule has 0 saturated heterocycles. The first-order valence-corrected chi connectivity index (χ1v) is 8.27. The lowest BCUT2D eigenvalue weighted by Crippen LogP contribution is -2.43. The van der Waals surface area contributed by atoms with Gasteiger partial charge in [0.2, 0.25) is 0 Å². The number of rotatable bonds is 8. The van der Waals surface area contributed by atoms with Crippen LogP contribution >= 0.6 is 0 Å². The summed E-state index contributed by atoms with van der Waals surface area (Å²) in [5.41, 5.74) is 1.47. The van der Waals surface area contributed by atoms with Gasteiger partial charge in [-0.15, -0.1) is 0 Å². The number of ether oxygens (including phenoxy) is 1. The third-order valence-electron chi connectivity index (χ3n) is 4.03. The van der Waals surface area contributed by atoms with Crippen molar-refractivity contribution in [1.82, 2.24) is 5.32 Å². The van der Waals surface area contributed by atoms with Gasteiger partial charge in [0.25, 0.3) is 5.91 Å². The van der Waals surface area contributed by atoms with Crippen molar-refractivity contribution in [3.8, 4) is 0 Å². The fourth-order valence-electron chi connectivity index (χ4n) is 2.63. The third-order valence-corrected chi connectivity index (χ3v) is 4.03. The number of amides is 1. The van der Waals surface area contributed by atoms with Crippen LogP contribution in [0.3, 0.4) is 0 Å². The zero-order valence-electron chi connectivity index (χ0n) is 15.4. The zero-order chi connectivity index (χ0) is 19.8. The summed E-state index contributed by atoms with van der Waals surface area (Å²) in [6, 6.07) is 11.8. The third kappa shape index (κ3) is 5.38. The van der Waals surface area contributed by atoms with E-state index in [1.54, 1.807) is 30.3 Å². The molecule has 6 nitrogen and oxygen atoms in total. The Kier molecular flexibility index (Phi) is 7.51. The molecular formula is C19H21BFNO5. The SMILES string of the molecule is COB(OC)c1ccc(C[C@H](NC(=O)c2ccccc2F)C(=O)OC)cc1. The molecule has 0 bridgehead atoms. The van der Waals surface area contributed by atoms with Crippen molar-refractivity contribution in [2.45, 2.75) is 12.5 Å². The Hall–Kier alpha value is -2.71. The molecule has 1 amide bonds. The van der Waals surface area contributed by atoms with Crippen molar-refractivity contribution in [2.75, 3.05) is 21.3 Å². The number of esters is 1. The second kappa shape index (κ2) is 9.84. The number of benzene rings is 2. The molecule has 2 rings (SSSR count). The van der Waals surface area contributed by atoms with Crippen LogP contribution in [0.1, 0.15) is 15.9 Å². The lowest BCUT2D eigenvalue weighted by atomic mass is 9.78. The Balaban J connectivity index is 2.14. The maximum absolute atomic E-state index is 13.8. The van der Waals surface area contributed by atoms with Crippen LogP contribution in [0, 0.1) is 5.82 Å². The average molecular weight is 373 g/mol. The van der Waals surface area contributed by atoms with E-state index in [0.29, 0.717) is 0 Å². The minimum atomic E-state index is -0.950. The van der Waals surface area contributed by atoms with Gasteiger partial charge in [0.1, 0.15) is 11.9 Å². The van der Waals surface area contributed by atoms with Gasteiger partial charge in [-0.3, -0.25) is 4.79 Å². The zero-order valence-corrected chi connectivity index (χ0v) is 15.4. The van der Waals surface area contributed by atoms with E-state index in [2.05, 4.69) is 5.32 Å². The van der Waals surface area contributed by atoms with E-state index in [-0.39, 0.29) is 12.0 Å². The molecule has 0 aliphatic heterocycles. The Morgan fingerprint density at radius 1 is 1.04 bits per heavy atom. The quantitative estimate of drug-likeness (QED) is 0.558. The molecule has 1 atom stereocenters. The molecule has 0 saturated carbocycles. The second-order valence-electron chi connectivity index (χ2n) is 5.78. The number of carbonyl (C=O) groups excluding carboxylic acids is 2. The Morgan fingerprint density at radius 2 is 1.67 bits per heavy atom. The molecule has 0 aliphatic rings. The molecule has 0 unspecified atom stereocenters. The summed E-state index contributed by atoms with van der Waals surface area (Å²) in [6.07, 6.45) is 0.192. The van der Waals surface area contributed by atoms with Crippen molar-refractivity contribution < 1.29 is 28.0 Å². The van der Waals surface area contributed by atoms with Crippen LogP contribution in [0.4, 0.5) is 4.39 Å². The second-order valence-corrected chi connectivity index (χ2v) is 5.78. The number of hydrogen-bond donors (Lipinski definition) is 1. The van der Waals surface area contributed by atoms with Gasteiger partial charge in [-0.2, -0.15) is 0 Å². The Labute approximate surface area is 157 Å². The molecule has 0 radical (unpaired) electrons. The van der Waals surface area contributed by atoms with Crippen LogP contribution in [0.5, 0.6) is 0 Å². The van der Waals surface area contributed by atoms with E-state index in [1.165, 1.54) is 39.5 Å². The molecule has 0 aliphatic carbocycles. The highest BCUT2D eigenvalue weighted by atomic mass is 19.1. The summed E-state index contributed by atoms with van der Waals surface area (Å²) in [7, 11) is 3.81. The van der Waals surface area contributed by atoms with Gasteiger partial charge in [-0.1, -0.05) is 36.4 Å². The number of methoxy groups -OCH3 is 1. The smallest absolute Gasteiger partial charge is 0.467 e. The van der Waals surface area contributed by atoms with Crippen LogP contribution in [0.15, 0.2) is 48.5 Å². The van der Waals surface area contributed by atoms with Gasteiger partial charge in [-0.25, -0.2) is 9.18 Å². The maximum atomic E-state index is 13.8. The first-order valence-electron chi connectivity index (χ1n) is 8.27. The van der Waals surface area contributed by atoms with Gasteiger partial charge in [0, 0.05) is 20.6 Å². The van der Waals surface area contributed by atoms with Crippen LogP contribution in [0.25, 0.3) is 0 Å². The van der Waals surface area contributed by atoms with Crippen LogP contribution in [-0.2, 0) is 25.3 Å². The first-order chi connectivity index (χ1) is 13.0. The molecule has 0 spiro atoms. The maximum Gasteiger partial charge on any atom is 0.493 e. The highest BCUT2D eigenvalue weighted by Gasteiger charge is 2.24. The Bertz CT molecular complexity index is 780. The molecule has 1 N–H and O–H groups in total. The summed E-state index contributed by atoms with van der Waals surface area (Å²) >= 11 is 0. The van der Waals surface area contributed by atoms with Crippen molar-refractivity contribution in [3.63, 3.8) is 0 Å². The lowest BCUT2D eigenvalue weighted by molar-refractivity contribution is -0.142. The molecule has 142 valence electrons. The fraction of sp³-hybridized carbons (Fsp3) is 0.263. The lowest BCUT2D eigenvalue weighted by Gasteiger charge is -2.17. The fourth-order valence-corrected chi connectivity index (χ4v) is 2.63. The van der Waals surface area contributed by atoms with E-state index < -0.39 is 30.9 Å². The van der Waals surface area contributed by atoms with Crippen LogP contribution in [-0.4, -0.2) is 46.4 Å². The molecule has 27 heavy (non-hydrogen) atoms. The summed E-state index contributed by atoms with van der Waals surface area (Å²) < 4.78 is 28.9. The van der Waals surface area contributed by atoms with Crippen molar-refractivity contribution in [1.29, 1.82) is 0 Å². The summed E-state index contributed by atoms with van der Waals surface area (Å²) in [5, 5.41) is 2.53. The summed E-state index contributed by atoms with van der Waals surface area (Å²) in [4.78, 5) is 24.4. The minimum Gasteiger partial charge on any atom is -0.467 e. The summed E-state index contributed by atoms with van der Waals surface area (Å²) in [5.74, 6) is -1.96. The molecule has 0 fully saturated rings. The van der Waals surface area contributed by atoms with E-state index >= 15 is 0 Å². The van der Waals surface area contributed by atoms with E-state index in [4.69, 9.17) is 14.0 Å². The predicted molar refractivity (Wildman–Crippen MR) is 99.2 cm³/mol. The Morgan fingerprint density at radius 3 is 2.22 bits per heavy atom. The minimum absolute atomic E-state index is 0.134. The van der Waals surface area contributed by atoms with Crippen molar-refractivity contribution >= 4 is 24.5 Å². The molecule has 8 heteroatoms. The van der Waals surface area contributed by atoms with Gasteiger partial charge in [0.15, 0.2) is 0 Å². The van der Waals surface area contributed by atoms with Crippen LogP contribution < -0.4 is 10.8 Å². The molecule has 2 aromatic carbocycles. The number of nitrogens with one attached hydrogen (secondary N) is 1. The largest absolute Gasteiger partial charge is 0.493 e. The van der Waals surface area contributed by atoms with E-state index in [9.17, 15) is 14.0 Å². The average Bonchev–Trinajstić information content (AvgIpc) is 2.69. The number of halogens is 1. The molecule has 2 aromatic rings. The van der Waals surface area contributed by atoms with Gasteiger partial charge < -0.3 is 19.4 Å². The standard InChI is InChI=1S/C19H21BFNO5/c1-25-19(24)17(22-18(23)15-6-4-5-7-16(15)21)12-13-8-10-14(11-9-13)20(26-2)27-3/h4-11,17H,12H2,1-3H3,(H,22,23)/t17-/m0/s1. The normalized spacial score (nSPS) is 11.6. The topological polar surface area (TPSA) is 73.9 Å². The predicted octanol–water partition coefficient (Wildman–Crippen LogP) is 1.33. The number of hydrogen-bond acceptors (Lipinski definition) is 5. The van der Waals surface area contributed by atoms with Crippen molar-refractivity contribution in [3.05, 3.63) is 65.5 Å². The number of carbonyl (C=O) groups is 2. The molecule has 0 aromatic heterocycles. The van der Waals surface area contributed by atoms with Gasteiger partial charge in [0.05, 0.1) is 12.7 Å². The first kappa shape index (κ1) is 20.6. The summed E-state index contributed by atoms with van der Waals surface area (Å²) in [6.45, 7) is 0. The van der Waals surface area contributed by atoms with Crippen LogP contribution in [0.2, 0.25) is 0 Å². The highest BCUT2D eigenvalue weighted by molar-refractivity contribution is 6.61. The van der Waals surface area contributed by atoms with E-state index in [1.807, 2.05) is 0 Å². The molecular weight excluding hydrogens is 352 g/mol. The van der Waals surface area contributed by atoms with E-state index in [0.717, 1.165) is 11.0 Å². The molecule has 0 heterocycles. The van der Waals surface area contributed by atoms with Gasteiger partial charge in [-0.05, 0) is 23.2 Å². The monoisotopic (exact) mass is 373 g/mol. The van der Waals surface area contributed by atoms with Gasteiger partial charge >= 0.3 is 13.1 Å². The van der Waals surface area contributed by atoms with Crippen molar-refractivity contribution in [2.24, 2.45) is 0 Å². The highest BCUT2D eigenvalue weighted by Crippen LogP contribution is 2.09.